The summed E-state index contributed by atoms with van der Waals surface area (Å²) in [5.74, 6) is 0.720. The van der Waals surface area contributed by atoms with E-state index in [4.69, 9.17) is 0 Å². The van der Waals surface area contributed by atoms with E-state index in [1.807, 2.05) is 19.0 Å². The van der Waals surface area contributed by atoms with Crippen LogP contribution in [0.4, 0.5) is 5.82 Å². The predicted molar refractivity (Wildman–Crippen MR) is 82.5 cm³/mol. The van der Waals surface area contributed by atoms with Crippen molar-refractivity contribution in [3.63, 3.8) is 0 Å². The molecule has 0 radical (unpaired) electrons. The molecule has 0 spiro atoms. The predicted octanol–water partition coefficient (Wildman–Crippen LogP) is 2.84. The Hall–Kier alpha value is -1.18. The van der Waals surface area contributed by atoms with Crippen molar-refractivity contribution in [2.75, 3.05) is 14.1 Å². The lowest BCUT2D eigenvalue weighted by Crippen LogP contribution is -2.07. The molecule has 2 aromatic rings. The molecule has 18 heavy (non-hydrogen) atoms. The summed E-state index contributed by atoms with van der Waals surface area (Å²) < 4.78 is 3.27. The molecular formula is C12H16IN5. The van der Waals surface area contributed by atoms with Gasteiger partial charge in [-0.05, 0) is 36.4 Å². The normalized spacial score (nSPS) is 11.9. The van der Waals surface area contributed by atoms with Gasteiger partial charge in [0.15, 0.2) is 5.82 Å². The van der Waals surface area contributed by atoms with Crippen molar-refractivity contribution < 1.29 is 0 Å². The van der Waals surface area contributed by atoms with Gasteiger partial charge in [-0.25, -0.2) is 15.0 Å². The van der Waals surface area contributed by atoms with Crippen LogP contribution in [0.2, 0.25) is 0 Å². The maximum absolute atomic E-state index is 4.40. The van der Waals surface area contributed by atoms with Gasteiger partial charge in [-0.15, -0.1) is 0 Å². The Bertz CT molecular complexity index is 585. The lowest BCUT2D eigenvalue weighted by molar-refractivity contribution is 0.617. The molecule has 0 unspecified atom stereocenters. The molecular weight excluding hydrogens is 341 g/mol. The first-order valence-corrected chi connectivity index (χ1v) is 6.80. The van der Waals surface area contributed by atoms with Crippen LogP contribution in [0.3, 0.4) is 0 Å². The summed E-state index contributed by atoms with van der Waals surface area (Å²) in [6, 6.07) is 0.372. The fourth-order valence-corrected chi connectivity index (χ4v) is 2.47. The molecule has 0 aliphatic rings. The Kier molecular flexibility index (Phi) is 3.84. The molecule has 5 nitrogen and oxygen atoms in total. The summed E-state index contributed by atoms with van der Waals surface area (Å²) in [7, 11) is 3.87. The standard InChI is InChI=1S/C12H16IN5/c1-8(2)18-5-9(13)10-11(16-7-17(3)4)14-6-15-12(10)18/h5-8H,1-4H3/b16-7+. The summed E-state index contributed by atoms with van der Waals surface area (Å²) >= 11 is 2.31. The first-order valence-electron chi connectivity index (χ1n) is 5.72. The van der Waals surface area contributed by atoms with E-state index in [1.165, 1.54) is 0 Å². The zero-order chi connectivity index (χ0) is 13.3. The molecule has 0 saturated heterocycles. The van der Waals surface area contributed by atoms with E-state index in [0.29, 0.717) is 6.04 Å². The number of hydrogen-bond donors (Lipinski definition) is 0. The number of aliphatic imine (C=N–C) groups is 1. The number of rotatable bonds is 3. The molecule has 0 saturated carbocycles. The van der Waals surface area contributed by atoms with Crippen LogP contribution in [0.1, 0.15) is 19.9 Å². The molecule has 0 aliphatic carbocycles. The molecule has 0 amide bonds. The summed E-state index contributed by atoms with van der Waals surface area (Å²) in [6.45, 7) is 4.28. The van der Waals surface area contributed by atoms with Crippen molar-refractivity contribution in [2.45, 2.75) is 19.9 Å². The summed E-state index contributed by atoms with van der Waals surface area (Å²) in [5, 5.41) is 1.02. The quantitative estimate of drug-likeness (QED) is 0.482. The SMILES string of the molecule is CC(C)n1cc(I)c2c(/N=C/N(C)C)ncnc21. The number of aromatic nitrogens is 3. The maximum atomic E-state index is 4.40. The van der Waals surface area contributed by atoms with Crippen LogP contribution in [0.5, 0.6) is 0 Å². The fourth-order valence-electron chi connectivity index (χ4n) is 1.69. The number of nitrogens with zero attached hydrogens (tertiary/aromatic N) is 5. The monoisotopic (exact) mass is 357 g/mol. The van der Waals surface area contributed by atoms with Crippen LogP contribution < -0.4 is 0 Å². The van der Waals surface area contributed by atoms with Crippen molar-refractivity contribution in [2.24, 2.45) is 4.99 Å². The van der Waals surface area contributed by atoms with E-state index < -0.39 is 0 Å². The van der Waals surface area contributed by atoms with E-state index in [1.54, 1.807) is 12.7 Å². The minimum absolute atomic E-state index is 0.372. The first-order chi connectivity index (χ1) is 8.50. The topological polar surface area (TPSA) is 46.3 Å². The molecule has 6 heteroatoms. The number of fused-ring (bicyclic) bond motifs is 1. The van der Waals surface area contributed by atoms with E-state index in [9.17, 15) is 0 Å². The zero-order valence-corrected chi connectivity index (χ0v) is 13.1. The Morgan fingerprint density at radius 1 is 1.39 bits per heavy atom. The third kappa shape index (κ3) is 2.47. The van der Waals surface area contributed by atoms with Crippen molar-refractivity contribution in [1.82, 2.24) is 19.4 Å². The van der Waals surface area contributed by atoms with Gasteiger partial charge in [-0.3, -0.25) is 0 Å². The second-order valence-electron chi connectivity index (χ2n) is 4.58. The van der Waals surface area contributed by atoms with Crippen LogP contribution in [0, 0.1) is 3.57 Å². The van der Waals surface area contributed by atoms with Crippen molar-refractivity contribution >= 4 is 45.8 Å². The third-order valence-electron chi connectivity index (χ3n) is 2.51. The maximum Gasteiger partial charge on any atom is 0.167 e. The van der Waals surface area contributed by atoms with Crippen LogP contribution in [-0.2, 0) is 0 Å². The van der Waals surface area contributed by atoms with Crippen LogP contribution >= 0.6 is 22.6 Å². The molecule has 2 heterocycles. The number of halogens is 1. The van der Waals surface area contributed by atoms with Gasteiger partial charge in [0.05, 0.1) is 11.7 Å². The molecule has 0 atom stereocenters. The highest BCUT2D eigenvalue weighted by molar-refractivity contribution is 14.1. The fraction of sp³-hybridized carbons (Fsp3) is 0.417. The zero-order valence-electron chi connectivity index (χ0n) is 10.9. The molecule has 96 valence electrons. The van der Waals surface area contributed by atoms with E-state index in [2.05, 4.69) is 62.2 Å². The lowest BCUT2D eigenvalue weighted by atomic mass is 10.3. The van der Waals surface area contributed by atoms with Gasteiger partial charge in [0, 0.05) is 29.9 Å². The van der Waals surface area contributed by atoms with Gasteiger partial charge < -0.3 is 9.47 Å². The van der Waals surface area contributed by atoms with Gasteiger partial charge in [0.2, 0.25) is 0 Å². The molecule has 0 aliphatic heterocycles. The molecule has 0 N–H and O–H groups in total. The van der Waals surface area contributed by atoms with Crippen LogP contribution in [0.25, 0.3) is 11.0 Å². The smallest absolute Gasteiger partial charge is 0.167 e. The Balaban J connectivity index is 2.63. The van der Waals surface area contributed by atoms with Crippen LogP contribution in [-0.4, -0.2) is 39.9 Å². The lowest BCUT2D eigenvalue weighted by Gasteiger charge is -2.07. The molecule has 0 bridgehead atoms. The average Bonchev–Trinajstić information content (AvgIpc) is 2.65. The molecule has 0 fully saturated rings. The third-order valence-corrected chi connectivity index (χ3v) is 3.33. The van der Waals surface area contributed by atoms with Crippen molar-refractivity contribution in [1.29, 1.82) is 0 Å². The molecule has 2 rings (SSSR count). The van der Waals surface area contributed by atoms with E-state index >= 15 is 0 Å². The number of hydrogen-bond acceptors (Lipinski definition) is 3. The van der Waals surface area contributed by atoms with E-state index in [-0.39, 0.29) is 0 Å². The Morgan fingerprint density at radius 2 is 2.11 bits per heavy atom. The van der Waals surface area contributed by atoms with Gasteiger partial charge in [0.1, 0.15) is 12.0 Å². The highest BCUT2D eigenvalue weighted by Crippen LogP contribution is 2.30. The molecule has 2 aromatic heterocycles. The minimum Gasteiger partial charge on any atom is -0.369 e. The van der Waals surface area contributed by atoms with Crippen LogP contribution in [0.15, 0.2) is 17.5 Å². The van der Waals surface area contributed by atoms with Crippen molar-refractivity contribution in [3.8, 4) is 0 Å². The Morgan fingerprint density at radius 3 is 2.72 bits per heavy atom. The summed E-state index contributed by atoms with van der Waals surface area (Å²) in [6.07, 6.45) is 5.42. The second kappa shape index (κ2) is 5.21. The highest BCUT2D eigenvalue weighted by Gasteiger charge is 2.14. The minimum atomic E-state index is 0.372. The second-order valence-corrected chi connectivity index (χ2v) is 5.74. The van der Waals surface area contributed by atoms with Gasteiger partial charge in [0.25, 0.3) is 0 Å². The Labute approximate surface area is 120 Å². The largest absolute Gasteiger partial charge is 0.369 e. The van der Waals surface area contributed by atoms with Gasteiger partial charge in [-0.1, -0.05) is 0 Å². The van der Waals surface area contributed by atoms with E-state index in [0.717, 1.165) is 20.4 Å². The van der Waals surface area contributed by atoms with Gasteiger partial charge in [-0.2, -0.15) is 0 Å². The average molecular weight is 357 g/mol. The molecule has 0 aromatic carbocycles. The highest BCUT2D eigenvalue weighted by atomic mass is 127. The van der Waals surface area contributed by atoms with Crippen molar-refractivity contribution in [3.05, 3.63) is 16.1 Å². The first kappa shape index (κ1) is 13.3. The summed E-state index contributed by atoms with van der Waals surface area (Å²) in [5.41, 5.74) is 0.940. The summed E-state index contributed by atoms with van der Waals surface area (Å²) in [4.78, 5) is 14.9. The van der Waals surface area contributed by atoms with Gasteiger partial charge >= 0.3 is 0 Å².